The van der Waals surface area contributed by atoms with Gasteiger partial charge < -0.3 is 14.4 Å². The Morgan fingerprint density at radius 3 is 2.61 bits per heavy atom. The molecule has 154 valence electrons. The predicted molar refractivity (Wildman–Crippen MR) is 108 cm³/mol. The predicted octanol–water partition coefficient (Wildman–Crippen LogP) is 1.60. The quantitative estimate of drug-likeness (QED) is 0.742. The highest BCUT2D eigenvalue weighted by atomic mass is 16.5. The third-order valence-corrected chi connectivity index (χ3v) is 6.14. The van der Waals surface area contributed by atoms with Crippen LogP contribution in [0.5, 0.6) is 0 Å². The molecule has 1 amide bonds. The Labute approximate surface area is 168 Å². The maximum absolute atomic E-state index is 13.0. The van der Waals surface area contributed by atoms with Crippen molar-refractivity contribution in [2.45, 2.75) is 38.0 Å². The van der Waals surface area contributed by atoms with Crippen LogP contribution in [-0.4, -0.2) is 91.8 Å². The fourth-order valence-corrected chi connectivity index (χ4v) is 4.64. The zero-order chi connectivity index (χ0) is 19.2. The van der Waals surface area contributed by atoms with Crippen LogP contribution in [0.25, 0.3) is 0 Å². The van der Waals surface area contributed by atoms with Crippen LogP contribution in [0, 0.1) is 0 Å². The second-order valence-corrected chi connectivity index (χ2v) is 8.21. The lowest BCUT2D eigenvalue weighted by Crippen LogP contribution is -2.48. The number of likely N-dealkylation sites (tertiary alicyclic amines) is 1. The molecular formula is C22H33N3O3. The van der Waals surface area contributed by atoms with E-state index in [9.17, 15) is 4.79 Å². The highest BCUT2D eigenvalue weighted by Crippen LogP contribution is 2.22. The molecular weight excluding hydrogens is 354 g/mol. The average molecular weight is 388 g/mol. The van der Waals surface area contributed by atoms with Gasteiger partial charge in [0.2, 0.25) is 5.91 Å². The molecule has 0 N–H and O–H groups in total. The lowest BCUT2D eigenvalue weighted by Gasteiger charge is -2.35. The molecule has 3 aliphatic rings. The van der Waals surface area contributed by atoms with Crippen molar-refractivity contribution < 1.29 is 14.3 Å². The van der Waals surface area contributed by atoms with E-state index in [1.807, 2.05) is 6.07 Å². The van der Waals surface area contributed by atoms with Crippen molar-refractivity contribution in [2.24, 2.45) is 0 Å². The number of hydrogen-bond donors (Lipinski definition) is 0. The molecule has 4 rings (SSSR count). The number of rotatable bonds is 6. The first-order valence-corrected chi connectivity index (χ1v) is 10.8. The molecule has 0 saturated carbocycles. The molecule has 6 heteroatoms. The number of ether oxygens (including phenoxy) is 2. The van der Waals surface area contributed by atoms with Gasteiger partial charge in [-0.2, -0.15) is 0 Å². The van der Waals surface area contributed by atoms with E-state index in [0.717, 1.165) is 71.9 Å². The number of nitrogens with zero attached hydrogens (tertiary/aromatic N) is 3. The summed E-state index contributed by atoms with van der Waals surface area (Å²) in [6.45, 7) is 8.89. The average Bonchev–Trinajstić information content (AvgIpc) is 3.18. The van der Waals surface area contributed by atoms with E-state index < -0.39 is 0 Å². The Morgan fingerprint density at radius 2 is 1.79 bits per heavy atom. The van der Waals surface area contributed by atoms with Gasteiger partial charge >= 0.3 is 0 Å². The van der Waals surface area contributed by atoms with Gasteiger partial charge in [-0.3, -0.25) is 14.6 Å². The summed E-state index contributed by atoms with van der Waals surface area (Å²) < 4.78 is 11.4. The molecule has 3 fully saturated rings. The Kier molecular flexibility index (Phi) is 6.96. The van der Waals surface area contributed by atoms with E-state index in [-0.39, 0.29) is 12.0 Å². The van der Waals surface area contributed by atoms with E-state index in [0.29, 0.717) is 19.1 Å². The summed E-state index contributed by atoms with van der Waals surface area (Å²) in [5.74, 6) is 0.266. The van der Waals surface area contributed by atoms with Gasteiger partial charge in [0.05, 0.1) is 32.3 Å². The number of hydrogen-bond acceptors (Lipinski definition) is 5. The molecule has 0 spiro atoms. The van der Waals surface area contributed by atoms with Crippen LogP contribution in [-0.2, 0) is 20.8 Å². The van der Waals surface area contributed by atoms with Crippen LogP contribution in [0.4, 0.5) is 0 Å². The zero-order valence-electron chi connectivity index (χ0n) is 16.8. The van der Waals surface area contributed by atoms with Gasteiger partial charge in [-0.1, -0.05) is 30.3 Å². The van der Waals surface area contributed by atoms with E-state index >= 15 is 0 Å². The minimum absolute atomic E-state index is 0.00889. The molecule has 3 saturated heterocycles. The van der Waals surface area contributed by atoms with Gasteiger partial charge in [0.25, 0.3) is 0 Å². The first-order valence-electron chi connectivity index (χ1n) is 10.8. The van der Waals surface area contributed by atoms with Crippen molar-refractivity contribution >= 4 is 5.91 Å². The smallest absolute Gasteiger partial charge is 0.225 e. The van der Waals surface area contributed by atoms with Crippen LogP contribution in [0.15, 0.2) is 30.3 Å². The summed E-state index contributed by atoms with van der Waals surface area (Å²) in [5, 5.41) is 0. The largest absolute Gasteiger partial charge is 0.379 e. The van der Waals surface area contributed by atoms with Gasteiger partial charge in [-0.05, 0) is 18.4 Å². The Hall–Kier alpha value is -1.47. The van der Waals surface area contributed by atoms with Gasteiger partial charge in [-0.15, -0.1) is 0 Å². The molecule has 28 heavy (non-hydrogen) atoms. The van der Waals surface area contributed by atoms with E-state index in [1.54, 1.807) is 0 Å². The van der Waals surface area contributed by atoms with Gasteiger partial charge in [0.1, 0.15) is 0 Å². The minimum atomic E-state index is 0.00889. The number of carbonyl (C=O) groups excluding carboxylic acids is 1. The molecule has 3 heterocycles. The SMILES string of the molecule is O=C(CC1CN(Cc2ccccc2)CCO1)N1CCCC1CN1CCOCC1. The second-order valence-electron chi connectivity index (χ2n) is 8.21. The monoisotopic (exact) mass is 387 g/mol. The van der Waals surface area contributed by atoms with Crippen molar-refractivity contribution in [3.63, 3.8) is 0 Å². The third kappa shape index (κ3) is 5.32. The number of morpholine rings is 2. The highest BCUT2D eigenvalue weighted by molar-refractivity contribution is 5.77. The third-order valence-electron chi connectivity index (χ3n) is 6.14. The summed E-state index contributed by atoms with van der Waals surface area (Å²) in [6.07, 6.45) is 2.75. The van der Waals surface area contributed by atoms with Gasteiger partial charge in [0, 0.05) is 51.9 Å². The van der Waals surface area contributed by atoms with Gasteiger partial charge in [-0.25, -0.2) is 0 Å². The van der Waals surface area contributed by atoms with E-state index in [1.165, 1.54) is 5.56 Å². The van der Waals surface area contributed by atoms with Crippen molar-refractivity contribution in [1.82, 2.24) is 14.7 Å². The standard InChI is InChI=1S/C22H33N3O3/c26-22(25-8-4-7-20(25)17-23-9-12-27-13-10-23)15-21-18-24(11-14-28-21)16-19-5-2-1-3-6-19/h1-3,5-6,20-21H,4,7-18H2. The first-order chi connectivity index (χ1) is 13.8. The fraction of sp³-hybridized carbons (Fsp3) is 0.682. The molecule has 1 aromatic rings. The van der Waals surface area contributed by atoms with Crippen LogP contribution < -0.4 is 0 Å². The molecule has 2 unspecified atom stereocenters. The normalized spacial score (nSPS) is 27.2. The Bertz CT molecular complexity index is 621. The number of amides is 1. The molecule has 3 aliphatic heterocycles. The zero-order valence-corrected chi connectivity index (χ0v) is 16.8. The highest BCUT2D eigenvalue weighted by Gasteiger charge is 2.32. The topological polar surface area (TPSA) is 45.2 Å². The van der Waals surface area contributed by atoms with Crippen LogP contribution in [0.2, 0.25) is 0 Å². The fourth-order valence-electron chi connectivity index (χ4n) is 4.64. The Balaban J connectivity index is 1.27. The lowest BCUT2D eigenvalue weighted by molar-refractivity contribution is -0.137. The summed E-state index contributed by atoms with van der Waals surface area (Å²) in [6, 6.07) is 10.9. The lowest BCUT2D eigenvalue weighted by atomic mass is 10.1. The van der Waals surface area contributed by atoms with Crippen molar-refractivity contribution in [3.05, 3.63) is 35.9 Å². The molecule has 0 aliphatic carbocycles. The summed E-state index contributed by atoms with van der Waals surface area (Å²) in [4.78, 5) is 20.0. The summed E-state index contributed by atoms with van der Waals surface area (Å²) >= 11 is 0. The van der Waals surface area contributed by atoms with Gasteiger partial charge in [0.15, 0.2) is 0 Å². The molecule has 2 atom stereocenters. The molecule has 0 aromatic heterocycles. The van der Waals surface area contributed by atoms with Crippen LogP contribution in [0.3, 0.4) is 0 Å². The van der Waals surface area contributed by atoms with E-state index in [4.69, 9.17) is 9.47 Å². The van der Waals surface area contributed by atoms with Crippen molar-refractivity contribution in [2.75, 3.05) is 59.1 Å². The number of carbonyl (C=O) groups is 1. The minimum Gasteiger partial charge on any atom is -0.379 e. The molecule has 6 nitrogen and oxygen atoms in total. The Morgan fingerprint density at radius 1 is 1.00 bits per heavy atom. The van der Waals surface area contributed by atoms with Crippen molar-refractivity contribution in [1.29, 1.82) is 0 Å². The van der Waals surface area contributed by atoms with Crippen molar-refractivity contribution in [3.8, 4) is 0 Å². The summed E-state index contributed by atoms with van der Waals surface area (Å²) in [5.41, 5.74) is 1.32. The van der Waals surface area contributed by atoms with Crippen LogP contribution in [0.1, 0.15) is 24.8 Å². The number of benzene rings is 1. The maximum atomic E-state index is 13.0. The first kappa shape index (κ1) is 19.8. The van der Waals surface area contributed by atoms with E-state index in [2.05, 4.69) is 39.0 Å². The molecule has 0 bridgehead atoms. The summed E-state index contributed by atoms with van der Waals surface area (Å²) in [7, 11) is 0. The molecule has 1 aromatic carbocycles. The maximum Gasteiger partial charge on any atom is 0.225 e. The molecule has 0 radical (unpaired) electrons. The second kappa shape index (κ2) is 9.83. The van der Waals surface area contributed by atoms with Crippen LogP contribution >= 0.6 is 0 Å².